The first kappa shape index (κ1) is 11.6. The van der Waals surface area contributed by atoms with Crippen LogP contribution in [0.4, 0.5) is 4.39 Å². The SMILES string of the molecule is Cc1cc(F)ccc1CC(C)(O)C1(C)CC1. The Balaban J connectivity index is 2.20. The number of aliphatic hydroxyl groups is 1. The molecule has 2 rings (SSSR count). The van der Waals surface area contributed by atoms with Crippen LogP contribution in [0.3, 0.4) is 0 Å². The van der Waals surface area contributed by atoms with E-state index in [0.29, 0.717) is 6.42 Å². The maximum atomic E-state index is 13.0. The largest absolute Gasteiger partial charge is 0.389 e. The first-order chi connectivity index (χ1) is 7.34. The van der Waals surface area contributed by atoms with Gasteiger partial charge in [-0.3, -0.25) is 0 Å². The van der Waals surface area contributed by atoms with Gasteiger partial charge in [0.15, 0.2) is 0 Å². The second-order valence-corrected chi connectivity index (χ2v) is 5.58. The van der Waals surface area contributed by atoms with Crippen molar-refractivity contribution in [2.45, 2.75) is 45.6 Å². The lowest BCUT2D eigenvalue weighted by atomic mass is 9.81. The first-order valence-electron chi connectivity index (χ1n) is 5.81. The fourth-order valence-corrected chi connectivity index (χ4v) is 2.17. The third-order valence-corrected chi connectivity index (χ3v) is 4.14. The molecule has 0 bridgehead atoms. The number of hydrogen-bond donors (Lipinski definition) is 1. The molecular formula is C14H19FO. The van der Waals surface area contributed by atoms with E-state index in [1.54, 1.807) is 6.07 Å². The monoisotopic (exact) mass is 222 g/mol. The second-order valence-electron chi connectivity index (χ2n) is 5.58. The highest BCUT2D eigenvalue weighted by Gasteiger charge is 2.51. The highest BCUT2D eigenvalue weighted by atomic mass is 19.1. The van der Waals surface area contributed by atoms with Gasteiger partial charge in [0, 0.05) is 6.42 Å². The van der Waals surface area contributed by atoms with Crippen LogP contribution in [0.2, 0.25) is 0 Å². The van der Waals surface area contributed by atoms with Gasteiger partial charge in [0.2, 0.25) is 0 Å². The molecule has 16 heavy (non-hydrogen) atoms. The molecule has 1 aromatic rings. The molecular weight excluding hydrogens is 203 g/mol. The molecule has 1 N–H and O–H groups in total. The van der Waals surface area contributed by atoms with E-state index in [0.717, 1.165) is 24.0 Å². The zero-order valence-corrected chi connectivity index (χ0v) is 10.2. The summed E-state index contributed by atoms with van der Waals surface area (Å²) >= 11 is 0. The predicted molar refractivity (Wildman–Crippen MR) is 62.8 cm³/mol. The molecule has 0 saturated heterocycles. The average Bonchev–Trinajstić information content (AvgIpc) is 2.90. The van der Waals surface area contributed by atoms with Gasteiger partial charge in [-0.1, -0.05) is 13.0 Å². The van der Waals surface area contributed by atoms with E-state index in [1.807, 2.05) is 13.8 Å². The van der Waals surface area contributed by atoms with Crippen molar-refractivity contribution in [3.8, 4) is 0 Å². The van der Waals surface area contributed by atoms with Crippen LogP contribution in [0, 0.1) is 18.2 Å². The maximum Gasteiger partial charge on any atom is 0.123 e. The molecule has 0 heterocycles. The third-order valence-electron chi connectivity index (χ3n) is 4.14. The first-order valence-corrected chi connectivity index (χ1v) is 5.81. The van der Waals surface area contributed by atoms with Gasteiger partial charge in [-0.15, -0.1) is 0 Å². The fourth-order valence-electron chi connectivity index (χ4n) is 2.17. The summed E-state index contributed by atoms with van der Waals surface area (Å²) in [6, 6.07) is 4.78. The van der Waals surface area contributed by atoms with Crippen molar-refractivity contribution in [1.29, 1.82) is 0 Å². The van der Waals surface area contributed by atoms with Crippen molar-refractivity contribution in [2.75, 3.05) is 0 Å². The van der Waals surface area contributed by atoms with Gasteiger partial charge >= 0.3 is 0 Å². The minimum Gasteiger partial charge on any atom is -0.389 e. The van der Waals surface area contributed by atoms with E-state index in [4.69, 9.17) is 0 Å². The molecule has 1 aromatic carbocycles. The summed E-state index contributed by atoms with van der Waals surface area (Å²) in [6.07, 6.45) is 2.77. The Morgan fingerprint density at radius 1 is 1.44 bits per heavy atom. The standard InChI is InChI=1S/C14H19FO/c1-10-8-12(15)5-4-11(10)9-14(3,16)13(2)6-7-13/h4-5,8,16H,6-7,9H2,1-3H3. The van der Waals surface area contributed by atoms with Crippen LogP contribution in [0.25, 0.3) is 0 Å². The molecule has 1 atom stereocenters. The van der Waals surface area contributed by atoms with Crippen molar-refractivity contribution in [3.63, 3.8) is 0 Å². The molecule has 0 radical (unpaired) electrons. The number of hydrogen-bond acceptors (Lipinski definition) is 1. The van der Waals surface area contributed by atoms with E-state index in [1.165, 1.54) is 12.1 Å². The van der Waals surface area contributed by atoms with Gasteiger partial charge in [-0.25, -0.2) is 4.39 Å². The maximum absolute atomic E-state index is 13.0. The van der Waals surface area contributed by atoms with Crippen LogP contribution in [-0.2, 0) is 6.42 Å². The topological polar surface area (TPSA) is 20.2 Å². The zero-order chi connectivity index (χ0) is 12.0. The van der Waals surface area contributed by atoms with Crippen LogP contribution >= 0.6 is 0 Å². The Hall–Kier alpha value is -0.890. The van der Waals surface area contributed by atoms with E-state index in [-0.39, 0.29) is 11.2 Å². The van der Waals surface area contributed by atoms with Gasteiger partial charge in [0.05, 0.1) is 5.60 Å². The van der Waals surface area contributed by atoms with E-state index < -0.39 is 5.60 Å². The summed E-state index contributed by atoms with van der Waals surface area (Å²) < 4.78 is 13.0. The number of halogens is 1. The van der Waals surface area contributed by atoms with Crippen molar-refractivity contribution < 1.29 is 9.50 Å². The van der Waals surface area contributed by atoms with Crippen LogP contribution in [0.1, 0.15) is 37.8 Å². The Labute approximate surface area is 96.3 Å². The van der Waals surface area contributed by atoms with Crippen molar-refractivity contribution in [2.24, 2.45) is 5.41 Å². The van der Waals surface area contributed by atoms with Crippen LogP contribution in [0.15, 0.2) is 18.2 Å². The zero-order valence-electron chi connectivity index (χ0n) is 10.2. The van der Waals surface area contributed by atoms with Crippen molar-refractivity contribution in [3.05, 3.63) is 35.1 Å². The third kappa shape index (κ3) is 1.99. The lowest BCUT2D eigenvalue weighted by molar-refractivity contribution is -0.00715. The molecule has 1 unspecified atom stereocenters. The lowest BCUT2D eigenvalue weighted by Crippen LogP contribution is -2.37. The highest BCUT2D eigenvalue weighted by Crippen LogP contribution is 2.54. The minimum absolute atomic E-state index is 0.0494. The lowest BCUT2D eigenvalue weighted by Gasteiger charge is -2.31. The summed E-state index contributed by atoms with van der Waals surface area (Å²) in [4.78, 5) is 0. The second kappa shape index (κ2) is 3.56. The molecule has 88 valence electrons. The van der Waals surface area contributed by atoms with E-state index in [9.17, 15) is 9.50 Å². The molecule has 0 aromatic heterocycles. The van der Waals surface area contributed by atoms with Gasteiger partial charge in [-0.2, -0.15) is 0 Å². The number of aryl methyl sites for hydroxylation is 1. The molecule has 1 aliphatic rings. The van der Waals surface area contributed by atoms with E-state index in [2.05, 4.69) is 6.92 Å². The van der Waals surface area contributed by atoms with Crippen LogP contribution < -0.4 is 0 Å². The van der Waals surface area contributed by atoms with Crippen LogP contribution in [0.5, 0.6) is 0 Å². The van der Waals surface area contributed by atoms with E-state index >= 15 is 0 Å². The fraction of sp³-hybridized carbons (Fsp3) is 0.571. The Morgan fingerprint density at radius 3 is 2.56 bits per heavy atom. The predicted octanol–water partition coefficient (Wildman–Crippen LogP) is 3.23. The molecule has 2 heteroatoms. The molecule has 1 fully saturated rings. The minimum atomic E-state index is -0.685. The van der Waals surface area contributed by atoms with Crippen molar-refractivity contribution >= 4 is 0 Å². The smallest absolute Gasteiger partial charge is 0.123 e. The van der Waals surface area contributed by atoms with Gasteiger partial charge in [0.25, 0.3) is 0 Å². The Kier molecular flexibility index (Phi) is 2.58. The molecule has 0 spiro atoms. The van der Waals surface area contributed by atoms with Gasteiger partial charge in [-0.05, 0) is 55.4 Å². The van der Waals surface area contributed by atoms with Gasteiger partial charge in [0.1, 0.15) is 5.82 Å². The summed E-state index contributed by atoms with van der Waals surface area (Å²) in [7, 11) is 0. The number of benzene rings is 1. The Bertz CT molecular complexity index is 405. The molecule has 0 aliphatic heterocycles. The quantitative estimate of drug-likeness (QED) is 0.832. The molecule has 0 amide bonds. The number of rotatable bonds is 3. The average molecular weight is 222 g/mol. The Morgan fingerprint density at radius 2 is 2.06 bits per heavy atom. The molecule has 1 nitrogen and oxygen atoms in total. The van der Waals surface area contributed by atoms with Crippen molar-refractivity contribution in [1.82, 2.24) is 0 Å². The summed E-state index contributed by atoms with van der Waals surface area (Å²) in [6.45, 7) is 5.90. The molecule has 1 aliphatic carbocycles. The summed E-state index contributed by atoms with van der Waals surface area (Å²) in [5.41, 5.74) is 1.33. The van der Waals surface area contributed by atoms with Gasteiger partial charge < -0.3 is 5.11 Å². The summed E-state index contributed by atoms with van der Waals surface area (Å²) in [5, 5.41) is 10.5. The summed E-state index contributed by atoms with van der Waals surface area (Å²) in [5.74, 6) is -0.210. The van der Waals surface area contributed by atoms with Crippen LogP contribution in [-0.4, -0.2) is 10.7 Å². The normalized spacial score (nSPS) is 21.6. The molecule has 1 saturated carbocycles. The highest BCUT2D eigenvalue weighted by molar-refractivity contribution is 5.29.